The second kappa shape index (κ2) is 5.11. The Hall–Kier alpha value is 0.340. The van der Waals surface area contributed by atoms with Crippen LogP contribution in [0.15, 0.2) is 0 Å². The maximum atomic E-state index is 10.4. The molecule has 3 N–H and O–H groups in total. The Morgan fingerprint density at radius 3 is 2.60 bits per heavy atom. The molecule has 0 aromatic carbocycles. The van der Waals surface area contributed by atoms with Gasteiger partial charge in [0.05, 0.1) is 6.10 Å². The van der Waals surface area contributed by atoms with Gasteiger partial charge in [0.2, 0.25) is 0 Å². The van der Waals surface area contributed by atoms with E-state index in [1.807, 2.05) is 0 Å². The SMILES string of the molecule is CSC[C@H]1O[C@@H](OP(=O)([O-])O)[C@@H](O)C1O. The Morgan fingerprint density at radius 1 is 1.53 bits per heavy atom. The first kappa shape index (κ1) is 13.4. The van der Waals surface area contributed by atoms with Crippen molar-refractivity contribution in [1.29, 1.82) is 0 Å². The molecule has 0 aliphatic carbocycles. The molecule has 0 saturated carbocycles. The smallest absolute Gasteiger partial charge is 0.267 e. The maximum absolute atomic E-state index is 10.4. The van der Waals surface area contributed by atoms with E-state index in [-0.39, 0.29) is 0 Å². The van der Waals surface area contributed by atoms with Crippen molar-refractivity contribution in [3.05, 3.63) is 0 Å². The molecule has 1 aliphatic rings. The Bertz CT molecular complexity index is 256. The number of thioether (sulfide) groups is 1. The largest absolute Gasteiger partial charge is 0.756 e. The van der Waals surface area contributed by atoms with Gasteiger partial charge in [-0.1, -0.05) is 0 Å². The minimum absolute atomic E-state index is 0.382. The number of rotatable bonds is 4. The van der Waals surface area contributed by atoms with Crippen molar-refractivity contribution in [3.63, 3.8) is 0 Å². The molecular formula is C6H12O7PS-. The number of phosphoric ester groups is 1. The van der Waals surface area contributed by atoms with E-state index in [1.165, 1.54) is 11.8 Å². The summed E-state index contributed by atoms with van der Waals surface area (Å²) in [6.45, 7) is 0. The van der Waals surface area contributed by atoms with Gasteiger partial charge < -0.3 is 24.7 Å². The number of aliphatic hydroxyl groups is 2. The van der Waals surface area contributed by atoms with Gasteiger partial charge in [-0.15, -0.1) is 0 Å². The highest BCUT2D eigenvalue weighted by atomic mass is 32.2. The maximum Gasteiger partial charge on any atom is 0.267 e. The van der Waals surface area contributed by atoms with Gasteiger partial charge in [-0.25, -0.2) is 0 Å². The van der Waals surface area contributed by atoms with Crippen LogP contribution in [0.5, 0.6) is 0 Å². The lowest BCUT2D eigenvalue weighted by molar-refractivity contribution is -0.243. The summed E-state index contributed by atoms with van der Waals surface area (Å²) in [6.07, 6.45) is -3.22. The fraction of sp³-hybridized carbons (Fsp3) is 1.00. The van der Waals surface area contributed by atoms with Gasteiger partial charge in [-0.05, 0) is 6.26 Å². The molecule has 1 fully saturated rings. The van der Waals surface area contributed by atoms with Crippen LogP contribution < -0.4 is 4.89 Å². The third-order valence-electron chi connectivity index (χ3n) is 1.89. The highest BCUT2D eigenvalue weighted by Crippen LogP contribution is 2.37. The Kier molecular flexibility index (Phi) is 4.57. The minimum atomic E-state index is -4.98. The molecule has 1 saturated heterocycles. The molecule has 0 radical (unpaired) electrons. The highest BCUT2D eigenvalue weighted by molar-refractivity contribution is 7.98. The van der Waals surface area contributed by atoms with Gasteiger partial charge >= 0.3 is 0 Å². The molecule has 0 bridgehead atoms. The summed E-state index contributed by atoms with van der Waals surface area (Å²) in [7, 11) is -4.98. The zero-order chi connectivity index (χ0) is 11.6. The second-order valence-corrected chi connectivity index (χ2v) is 5.11. The van der Waals surface area contributed by atoms with Gasteiger partial charge in [0.15, 0.2) is 6.29 Å². The molecule has 0 aromatic heterocycles. The number of ether oxygens (including phenoxy) is 1. The lowest BCUT2D eigenvalue weighted by atomic mass is 10.2. The predicted molar refractivity (Wildman–Crippen MR) is 50.0 cm³/mol. The molecule has 15 heavy (non-hydrogen) atoms. The molecule has 2 unspecified atom stereocenters. The average molecular weight is 259 g/mol. The molecule has 0 amide bonds. The minimum Gasteiger partial charge on any atom is -0.756 e. The zero-order valence-electron chi connectivity index (χ0n) is 7.85. The van der Waals surface area contributed by atoms with Gasteiger partial charge in [0, 0.05) is 5.75 Å². The normalized spacial score (nSPS) is 40.3. The summed E-state index contributed by atoms with van der Waals surface area (Å²) in [6, 6.07) is 0. The molecule has 1 aliphatic heterocycles. The van der Waals surface area contributed by atoms with Crippen LogP contribution in [0.2, 0.25) is 0 Å². The number of phosphoric acid groups is 1. The molecule has 1 heterocycles. The van der Waals surface area contributed by atoms with Crippen molar-refractivity contribution in [3.8, 4) is 0 Å². The summed E-state index contributed by atoms with van der Waals surface area (Å²) in [5, 5.41) is 18.8. The van der Waals surface area contributed by atoms with Crippen molar-refractivity contribution in [1.82, 2.24) is 0 Å². The van der Waals surface area contributed by atoms with Crippen LogP contribution in [0.1, 0.15) is 0 Å². The van der Waals surface area contributed by atoms with Gasteiger partial charge in [-0.2, -0.15) is 11.8 Å². The molecule has 7 nitrogen and oxygen atoms in total. The van der Waals surface area contributed by atoms with Crippen molar-refractivity contribution in [2.24, 2.45) is 0 Å². The zero-order valence-corrected chi connectivity index (χ0v) is 9.56. The lowest BCUT2D eigenvalue weighted by Crippen LogP contribution is -2.34. The molecular weight excluding hydrogens is 247 g/mol. The molecule has 9 heteroatoms. The van der Waals surface area contributed by atoms with E-state index in [9.17, 15) is 19.7 Å². The molecule has 90 valence electrons. The third-order valence-corrected chi connectivity index (χ3v) is 3.02. The van der Waals surface area contributed by atoms with Crippen molar-refractivity contribution >= 4 is 19.6 Å². The van der Waals surface area contributed by atoms with Crippen LogP contribution in [-0.2, 0) is 13.8 Å². The van der Waals surface area contributed by atoms with E-state index in [0.717, 1.165) is 0 Å². The first-order chi connectivity index (χ1) is 6.85. The van der Waals surface area contributed by atoms with Crippen LogP contribution in [0.25, 0.3) is 0 Å². The monoisotopic (exact) mass is 259 g/mol. The van der Waals surface area contributed by atoms with Crippen molar-refractivity contribution in [2.45, 2.75) is 24.6 Å². The van der Waals surface area contributed by atoms with Crippen LogP contribution in [0.3, 0.4) is 0 Å². The van der Waals surface area contributed by atoms with Crippen LogP contribution in [-0.4, -0.2) is 51.7 Å². The van der Waals surface area contributed by atoms with E-state index >= 15 is 0 Å². The van der Waals surface area contributed by atoms with E-state index in [4.69, 9.17) is 9.63 Å². The standard InChI is InChI=1S/C6H13O7PS/c1-15-2-3-4(7)5(8)6(12-3)13-14(9,10)11/h3-8H,2H2,1H3,(H2,9,10,11)/p-1/t3-,4?,5+,6+/m1/s1. The molecule has 0 aromatic rings. The third kappa shape index (κ3) is 3.69. The van der Waals surface area contributed by atoms with E-state index in [0.29, 0.717) is 5.75 Å². The summed E-state index contributed by atoms with van der Waals surface area (Å²) >= 11 is 1.36. The van der Waals surface area contributed by atoms with E-state index in [2.05, 4.69) is 4.52 Å². The molecule has 1 rings (SSSR count). The van der Waals surface area contributed by atoms with Crippen molar-refractivity contribution < 1.29 is 33.8 Å². The van der Waals surface area contributed by atoms with E-state index < -0.39 is 32.4 Å². The predicted octanol–water partition coefficient (Wildman–Crippen LogP) is -1.73. The Morgan fingerprint density at radius 2 is 2.13 bits per heavy atom. The highest BCUT2D eigenvalue weighted by Gasteiger charge is 2.44. The quantitative estimate of drug-likeness (QED) is 0.510. The summed E-state index contributed by atoms with van der Waals surface area (Å²) in [5.74, 6) is 0.382. The molecule has 5 atom stereocenters. The number of aliphatic hydroxyl groups excluding tert-OH is 2. The van der Waals surface area contributed by atoms with Crippen molar-refractivity contribution in [2.75, 3.05) is 12.0 Å². The Labute approximate surface area is 90.6 Å². The van der Waals surface area contributed by atoms with Gasteiger partial charge in [-0.3, -0.25) is 9.09 Å². The van der Waals surface area contributed by atoms with Crippen LogP contribution >= 0.6 is 19.6 Å². The van der Waals surface area contributed by atoms with E-state index in [1.54, 1.807) is 6.26 Å². The first-order valence-corrected chi connectivity index (χ1v) is 6.97. The number of hydrogen-bond donors (Lipinski definition) is 3. The summed E-state index contributed by atoms with van der Waals surface area (Å²) < 4.78 is 19.4. The van der Waals surface area contributed by atoms with Crippen LogP contribution in [0, 0.1) is 0 Å². The van der Waals surface area contributed by atoms with Gasteiger partial charge in [0.1, 0.15) is 12.2 Å². The first-order valence-electron chi connectivity index (χ1n) is 4.08. The van der Waals surface area contributed by atoms with Gasteiger partial charge in [0.25, 0.3) is 7.82 Å². The fourth-order valence-electron chi connectivity index (χ4n) is 1.23. The summed E-state index contributed by atoms with van der Waals surface area (Å²) in [4.78, 5) is 18.8. The number of hydrogen-bond acceptors (Lipinski definition) is 7. The average Bonchev–Trinajstić information content (AvgIpc) is 2.32. The Balaban J connectivity index is 2.59. The van der Waals surface area contributed by atoms with Crippen LogP contribution in [0.4, 0.5) is 0 Å². The summed E-state index contributed by atoms with van der Waals surface area (Å²) in [5.41, 5.74) is 0. The molecule has 0 spiro atoms. The topological polar surface area (TPSA) is 119 Å². The second-order valence-electron chi connectivity index (χ2n) is 3.05. The lowest BCUT2D eigenvalue weighted by Gasteiger charge is -2.22. The fourth-order valence-corrected chi connectivity index (χ4v) is 2.28.